The maximum absolute atomic E-state index is 12.1. The van der Waals surface area contributed by atoms with Crippen molar-refractivity contribution in [1.29, 1.82) is 0 Å². The van der Waals surface area contributed by atoms with Gasteiger partial charge < -0.3 is 25.2 Å². The Morgan fingerprint density at radius 3 is 2.54 bits per heavy atom. The van der Waals surface area contributed by atoms with Crippen LogP contribution in [0.3, 0.4) is 0 Å². The molecule has 0 radical (unpaired) electrons. The van der Waals surface area contributed by atoms with Crippen LogP contribution in [0.4, 0.5) is 4.79 Å². The number of carboxylic acids is 1. The van der Waals surface area contributed by atoms with Crippen LogP contribution in [-0.2, 0) is 11.3 Å². The summed E-state index contributed by atoms with van der Waals surface area (Å²) in [6.07, 6.45) is 2.53. The number of urea groups is 1. The van der Waals surface area contributed by atoms with Crippen molar-refractivity contribution >= 4 is 23.6 Å². The van der Waals surface area contributed by atoms with Gasteiger partial charge >= 0.3 is 12.0 Å². The lowest BCUT2D eigenvalue weighted by Gasteiger charge is -2.26. The molecule has 0 spiro atoms. The maximum Gasteiger partial charge on any atom is 0.315 e. The summed E-state index contributed by atoms with van der Waals surface area (Å²) in [4.78, 5) is 23.0. The quantitative estimate of drug-likeness (QED) is 0.670. The van der Waals surface area contributed by atoms with E-state index in [1.807, 2.05) is 6.92 Å². The highest BCUT2D eigenvalue weighted by Crippen LogP contribution is 2.36. The fourth-order valence-corrected chi connectivity index (χ4v) is 3.35. The summed E-state index contributed by atoms with van der Waals surface area (Å²) in [5.41, 5.74) is 0.792. The van der Waals surface area contributed by atoms with Gasteiger partial charge in [0.25, 0.3) is 0 Å². The molecule has 0 aromatic heterocycles. The molecule has 2 amide bonds. The van der Waals surface area contributed by atoms with Crippen molar-refractivity contribution in [1.82, 2.24) is 10.6 Å². The zero-order valence-corrected chi connectivity index (χ0v) is 15.8. The first-order chi connectivity index (χ1) is 12.4. The van der Waals surface area contributed by atoms with E-state index in [-0.39, 0.29) is 18.0 Å². The number of rotatable bonds is 7. The van der Waals surface area contributed by atoms with Crippen LogP contribution in [0.1, 0.15) is 38.2 Å². The average Bonchev–Trinajstić information content (AvgIpc) is 2.62. The minimum Gasteiger partial charge on any atom is -0.493 e. The van der Waals surface area contributed by atoms with E-state index in [1.165, 1.54) is 7.11 Å². The lowest BCUT2D eigenvalue weighted by molar-refractivity contribution is -0.142. The van der Waals surface area contributed by atoms with Crippen molar-refractivity contribution in [3.05, 3.63) is 22.7 Å². The number of hydrogen-bond donors (Lipinski definition) is 3. The lowest BCUT2D eigenvalue weighted by Crippen LogP contribution is -2.43. The largest absolute Gasteiger partial charge is 0.493 e. The Morgan fingerprint density at radius 2 is 1.96 bits per heavy atom. The van der Waals surface area contributed by atoms with Crippen molar-refractivity contribution in [3.8, 4) is 11.5 Å². The Balaban J connectivity index is 1.86. The molecule has 26 heavy (non-hydrogen) atoms. The van der Waals surface area contributed by atoms with Crippen LogP contribution >= 0.6 is 11.6 Å². The Morgan fingerprint density at radius 1 is 1.27 bits per heavy atom. The summed E-state index contributed by atoms with van der Waals surface area (Å²) in [7, 11) is 1.53. The molecular formula is C18H25ClN2O5. The zero-order chi connectivity index (χ0) is 19.1. The van der Waals surface area contributed by atoms with Gasteiger partial charge in [-0.3, -0.25) is 4.79 Å². The van der Waals surface area contributed by atoms with Gasteiger partial charge in [-0.1, -0.05) is 11.6 Å². The summed E-state index contributed by atoms with van der Waals surface area (Å²) >= 11 is 6.22. The molecule has 1 aromatic rings. The van der Waals surface area contributed by atoms with E-state index in [0.717, 1.165) is 5.56 Å². The van der Waals surface area contributed by atoms with E-state index in [9.17, 15) is 9.59 Å². The van der Waals surface area contributed by atoms with Gasteiger partial charge in [-0.25, -0.2) is 4.79 Å². The number of amides is 2. The number of ether oxygens (including phenoxy) is 2. The van der Waals surface area contributed by atoms with Crippen molar-refractivity contribution in [3.63, 3.8) is 0 Å². The standard InChI is InChI=1S/C18H25ClN2O5/c1-3-26-16-14(19)8-11(9-15(16)25-2)10-20-18(24)21-13-6-4-12(5-7-13)17(22)23/h8-9,12-13H,3-7,10H2,1-2H3,(H,22,23)(H2,20,21,24). The molecule has 8 heteroatoms. The Kier molecular flexibility index (Phi) is 7.38. The number of methoxy groups -OCH3 is 1. The van der Waals surface area contributed by atoms with E-state index in [1.54, 1.807) is 12.1 Å². The summed E-state index contributed by atoms with van der Waals surface area (Å²) in [6, 6.07) is 3.22. The Hall–Kier alpha value is -2.15. The molecule has 3 N–H and O–H groups in total. The third-order valence-electron chi connectivity index (χ3n) is 4.44. The third kappa shape index (κ3) is 5.42. The van der Waals surface area contributed by atoms with Crippen molar-refractivity contribution in [2.45, 2.75) is 45.2 Å². The Bertz CT molecular complexity index is 645. The van der Waals surface area contributed by atoms with Crippen molar-refractivity contribution < 1.29 is 24.2 Å². The lowest BCUT2D eigenvalue weighted by atomic mass is 9.86. The average molecular weight is 385 g/mol. The number of carboxylic acid groups (broad SMARTS) is 1. The molecule has 7 nitrogen and oxygen atoms in total. The predicted molar refractivity (Wildman–Crippen MR) is 97.9 cm³/mol. The molecule has 0 heterocycles. The second-order valence-corrected chi connectivity index (χ2v) is 6.66. The molecule has 0 unspecified atom stereocenters. The number of aliphatic carboxylic acids is 1. The first-order valence-electron chi connectivity index (χ1n) is 8.71. The minimum absolute atomic E-state index is 0.00375. The molecule has 144 valence electrons. The van der Waals surface area contributed by atoms with Crippen LogP contribution in [-0.4, -0.2) is 36.9 Å². The highest BCUT2D eigenvalue weighted by molar-refractivity contribution is 6.32. The SMILES string of the molecule is CCOc1c(Cl)cc(CNC(=O)NC2CCC(C(=O)O)CC2)cc1OC. The van der Waals surface area contributed by atoms with E-state index < -0.39 is 5.97 Å². The molecule has 0 aliphatic heterocycles. The van der Waals surface area contributed by atoms with E-state index >= 15 is 0 Å². The smallest absolute Gasteiger partial charge is 0.315 e. The van der Waals surface area contributed by atoms with Crippen molar-refractivity contribution in [2.75, 3.05) is 13.7 Å². The minimum atomic E-state index is -0.755. The summed E-state index contributed by atoms with van der Waals surface area (Å²) in [6.45, 7) is 2.62. The second-order valence-electron chi connectivity index (χ2n) is 6.26. The fraction of sp³-hybridized carbons (Fsp3) is 0.556. The highest BCUT2D eigenvalue weighted by Gasteiger charge is 2.26. The van der Waals surface area contributed by atoms with Crippen LogP contribution in [0, 0.1) is 5.92 Å². The van der Waals surface area contributed by atoms with Gasteiger partial charge in [0.1, 0.15) is 0 Å². The molecule has 1 aliphatic rings. The zero-order valence-electron chi connectivity index (χ0n) is 15.0. The van der Waals surface area contributed by atoms with Crippen molar-refractivity contribution in [2.24, 2.45) is 5.92 Å². The van der Waals surface area contributed by atoms with E-state index in [2.05, 4.69) is 10.6 Å². The van der Waals surface area contributed by atoms with Crippen LogP contribution < -0.4 is 20.1 Å². The van der Waals surface area contributed by atoms with Gasteiger partial charge in [0.15, 0.2) is 11.5 Å². The first-order valence-corrected chi connectivity index (χ1v) is 9.08. The van der Waals surface area contributed by atoms with Gasteiger partial charge in [0, 0.05) is 12.6 Å². The molecule has 1 aromatic carbocycles. The Labute approximate surface area is 158 Å². The maximum atomic E-state index is 12.1. The molecule has 0 atom stereocenters. The number of nitrogens with one attached hydrogen (secondary N) is 2. The monoisotopic (exact) mass is 384 g/mol. The van der Waals surface area contributed by atoms with Gasteiger partial charge in [0.05, 0.1) is 24.7 Å². The van der Waals surface area contributed by atoms with E-state index in [4.69, 9.17) is 26.2 Å². The predicted octanol–water partition coefficient (Wildman–Crippen LogP) is 3.19. The highest BCUT2D eigenvalue weighted by atomic mass is 35.5. The number of hydrogen-bond acceptors (Lipinski definition) is 4. The molecule has 1 fully saturated rings. The normalized spacial score (nSPS) is 19.5. The number of carbonyl (C=O) groups excluding carboxylic acids is 1. The summed E-state index contributed by atoms with van der Waals surface area (Å²) < 4.78 is 10.8. The molecule has 0 saturated heterocycles. The molecular weight excluding hydrogens is 360 g/mol. The molecule has 1 aliphatic carbocycles. The van der Waals surface area contributed by atoms with Gasteiger partial charge in [0.2, 0.25) is 0 Å². The molecule has 1 saturated carbocycles. The topological polar surface area (TPSA) is 96.9 Å². The molecule has 2 rings (SSSR count). The van der Waals surface area contributed by atoms with Gasteiger partial charge in [-0.2, -0.15) is 0 Å². The third-order valence-corrected chi connectivity index (χ3v) is 4.72. The molecule has 0 bridgehead atoms. The first kappa shape index (κ1) is 20.2. The summed E-state index contributed by atoms with van der Waals surface area (Å²) in [5, 5.41) is 15.1. The second kappa shape index (κ2) is 9.52. The number of benzene rings is 1. The number of carbonyl (C=O) groups is 2. The van der Waals surface area contributed by atoms with Crippen LogP contribution in [0.2, 0.25) is 5.02 Å². The van der Waals surface area contributed by atoms with Crippen LogP contribution in [0.5, 0.6) is 11.5 Å². The van der Waals surface area contributed by atoms with Crippen LogP contribution in [0.25, 0.3) is 0 Å². The van der Waals surface area contributed by atoms with Crippen LogP contribution in [0.15, 0.2) is 12.1 Å². The van der Waals surface area contributed by atoms with E-state index in [0.29, 0.717) is 55.4 Å². The fourth-order valence-electron chi connectivity index (χ4n) is 3.06. The number of halogens is 1. The van der Waals surface area contributed by atoms with Gasteiger partial charge in [-0.05, 0) is 50.3 Å². The van der Waals surface area contributed by atoms with Gasteiger partial charge in [-0.15, -0.1) is 0 Å². The summed E-state index contributed by atoms with van der Waals surface area (Å²) in [5.74, 6) is -0.0487.